The molecule has 0 fully saturated rings. The summed E-state index contributed by atoms with van der Waals surface area (Å²) in [5.41, 5.74) is 2.88. The topological polar surface area (TPSA) is 27.1 Å². The number of aromatic nitrogens is 2. The van der Waals surface area contributed by atoms with Crippen LogP contribution >= 0.6 is 11.6 Å². The van der Waals surface area contributed by atoms with Crippen molar-refractivity contribution in [2.45, 2.75) is 19.8 Å². The number of hydrogen-bond donors (Lipinski definition) is 0. The number of para-hydroxylation sites is 1. The zero-order valence-corrected chi connectivity index (χ0v) is 13.1. The molecule has 3 aromatic rings. The molecule has 0 radical (unpaired) electrons. The highest BCUT2D eigenvalue weighted by atomic mass is 35.5. The van der Waals surface area contributed by atoms with Crippen molar-refractivity contribution in [1.29, 1.82) is 0 Å². The largest absolute Gasteiger partial charge is 0.497 e. The van der Waals surface area contributed by atoms with Crippen LogP contribution in [0.4, 0.5) is 0 Å². The van der Waals surface area contributed by atoms with Gasteiger partial charge in [0.15, 0.2) is 0 Å². The van der Waals surface area contributed by atoms with Gasteiger partial charge in [0.25, 0.3) is 0 Å². The fourth-order valence-electron chi connectivity index (χ4n) is 2.49. The maximum absolute atomic E-state index is 6.29. The molecule has 4 heteroatoms. The summed E-state index contributed by atoms with van der Waals surface area (Å²) in [6, 6.07) is 13.8. The van der Waals surface area contributed by atoms with Crippen molar-refractivity contribution in [2.24, 2.45) is 0 Å². The summed E-state index contributed by atoms with van der Waals surface area (Å²) in [6.07, 6.45) is 0. The lowest BCUT2D eigenvalue weighted by atomic mass is 10.2. The van der Waals surface area contributed by atoms with E-state index >= 15 is 0 Å². The normalized spacial score (nSPS) is 11.3. The van der Waals surface area contributed by atoms with Crippen LogP contribution in [0.3, 0.4) is 0 Å². The van der Waals surface area contributed by atoms with Crippen molar-refractivity contribution in [3.63, 3.8) is 0 Å². The fourth-order valence-corrected chi connectivity index (χ4v) is 2.70. The molecule has 0 atom stereocenters. The van der Waals surface area contributed by atoms with Gasteiger partial charge in [0, 0.05) is 12.0 Å². The van der Waals surface area contributed by atoms with Gasteiger partial charge in [0.2, 0.25) is 0 Å². The Morgan fingerprint density at radius 3 is 2.62 bits per heavy atom. The minimum Gasteiger partial charge on any atom is -0.497 e. The van der Waals surface area contributed by atoms with Gasteiger partial charge in [-0.1, -0.05) is 37.6 Å². The number of methoxy groups -OCH3 is 1. The molecule has 0 spiro atoms. The van der Waals surface area contributed by atoms with E-state index in [1.54, 1.807) is 7.11 Å². The summed E-state index contributed by atoms with van der Waals surface area (Å²) in [6.45, 7) is 4.26. The Hall–Kier alpha value is -2.00. The standard InChI is InChI=1S/C17H17ClN2O/c1-11(2)17-19-16-14(18)8-5-9-15(16)20(17)12-6-4-7-13(10-12)21-3/h4-11H,1-3H3. The second kappa shape index (κ2) is 5.41. The number of nitrogens with zero attached hydrogens (tertiary/aromatic N) is 2. The van der Waals surface area contributed by atoms with Gasteiger partial charge in [-0.05, 0) is 24.3 Å². The number of halogens is 1. The van der Waals surface area contributed by atoms with E-state index in [4.69, 9.17) is 21.3 Å². The first-order chi connectivity index (χ1) is 10.1. The Balaban J connectivity index is 2.33. The molecule has 0 N–H and O–H groups in total. The van der Waals surface area contributed by atoms with Crippen LogP contribution in [0.15, 0.2) is 42.5 Å². The third kappa shape index (κ3) is 2.38. The van der Waals surface area contributed by atoms with Gasteiger partial charge >= 0.3 is 0 Å². The summed E-state index contributed by atoms with van der Waals surface area (Å²) in [7, 11) is 1.67. The van der Waals surface area contributed by atoms with Gasteiger partial charge in [0.05, 0.1) is 23.3 Å². The Morgan fingerprint density at radius 2 is 1.90 bits per heavy atom. The molecule has 0 aliphatic rings. The summed E-state index contributed by atoms with van der Waals surface area (Å²) in [4.78, 5) is 4.73. The lowest BCUT2D eigenvalue weighted by Gasteiger charge is -2.12. The molecule has 0 bridgehead atoms. The Kier molecular flexibility index (Phi) is 3.60. The van der Waals surface area contributed by atoms with Gasteiger partial charge in [-0.3, -0.25) is 4.57 Å². The molecule has 0 aliphatic carbocycles. The first kappa shape index (κ1) is 14.0. The quantitative estimate of drug-likeness (QED) is 0.694. The van der Waals surface area contributed by atoms with Gasteiger partial charge in [-0.15, -0.1) is 0 Å². The molecule has 1 heterocycles. The van der Waals surface area contributed by atoms with E-state index in [1.165, 1.54) is 0 Å². The molecule has 0 unspecified atom stereocenters. The van der Waals surface area contributed by atoms with Gasteiger partial charge < -0.3 is 4.74 Å². The molecule has 1 aromatic heterocycles. The van der Waals surface area contributed by atoms with E-state index in [0.29, 0.717) is 10.9 Å². The minimum atomic E-state index is 0.291. The molecule has 3 nitrogen and oxygen atoms in total. The van der Waals surface area contributed by atoms with Crippen LogP contribution in [0.5, 0.6) is 5.75 Å². The van der Waals surface area contributed by atoms with Crippen molar-refractivity contribution in [1.82, 2.24) is 9.55 Å². The van der Waals surface area contributed by atoms with E-state index in [-0.39, 0.29) is 0 Å². The maximum atomic E-state index is 6.29. The van der Waals surface area contributed by atoms with E-state index in [0.717, 1.165) is 28.3 Å². The van der Waals surface area contributed by atoms with Crippen LogP contribution in [0.1, 0.15) is 25.6 Å². The average molecular weight is 301 g/mol. The molecular weight excluding hydrogens is 284 g/mol. The number of imidazole rings is 1. The monoisotopic (exact) mass is 300 g/mol. The Morgan fingerprint density at radius 1 is 1.14 bits per heavy atom. The van der Waals surface area contributed by atoms with E-state index in [1.807, 2.05) is 36.4 Å². The third-order valence-electron chi connectivity index (χ3n) is 3.49. The number of hydrogen-bond acceptors (Lipinski definition) is 2. The van der Waals surface area contributed by atoms with Gasteiger partial charge in [-0.25, -0.2) is 4.98 Å². The molecule has 0 saturated heterocycles. The average Bonchev–Trinajstić information content (AvgIpc) is 2.88. The zero-order valence-electron chi connectivity index (χ0n) is 12.3. The van der Waals surface area contributed by atoms with Crippen molar-refractivity contribution < 1.29 is 4.74 Å². The van der Waals surface area contributed by atoms with Crippen molar-refractivity contribution in [3.8, 4) is 11.4 Å². The van der Waals surface area contributed by atoms with E-state index < -0.39 is 0 Å². The summed E-state index contributed by atoms with van der Waals surface area (Å²) in [5, 5.41) is 0.677. The second-order valence-electron chi connectivity index (χ2n) is 5.27. The lowest BCUT2D eigenvalue weighted by Crippen LogP contribution is -2.03. The third-order valence-corrected chi connectivity index (χ3v) is 3.79. The molecule has 0 amide bonds. The van der Waals surface area contributed by atoms with E-state index in [9.17, 15) is 0 Å². The summed E-state index contributed by atoms with van der Waals surface area (Å²) in [5.74, 6) is 2.11. The molecule has 2 aromatic carbocycles. The summed E-state index contributed by atoms with van der Waals surface area (Å²) >= 11 is 6.29. The first-order valence-corrected chi connectivity index (χ1v) is 7.31. The highest BCUT2D eigenvalue weighted by molar-refractivity contribution is 6.34. The Bertz CT molecular complexity index is 793. The highest BCUT2D eigenvalue weighted by Gasteiger charge is 2.16. The number of fused-ring (bicyclic) bond motifs is 1. The second-order valence-corrected chi connectivity index (χ2v) is 5.68. The highest BCUT2D eigenvalue weighted by Crippen LogP contribution is 2.30. The maximum Gasteiger partial charge on any atom is 0.120 e. The molecular formula is C17H17ClN2O. The van der Waals surface area contributed by atoms with Gasteiger partial charge in [0.1, 0.15) is 17.1 Å². The first-order valence-electron chi connectivity index (χ1n) is 6.93. The molecule has 3 rings (SSSR count). The SMILES string of the molecule is COc1cccc(-n2c(C(C)C)nc3c(Cl)cccc32)c1. The minimum absolute atomic E-state index is 0.291. The lowest BCUT2D eigenvalue weighted by molar-refractivity contribution is 0.414. The van der Waals surface area contributed by atoms with Crippen LogP contribution in [-0.2, 0) is 0 Å². The van der Waals surface area contributed by atoms with Crippen LogP contribution in [0, 0.1) is 0 Å². The molecule has 0 aliphatic heterocycles. The fraction of sp³-hybridized carbons (Fsp3) is 0.235. The molecule has 108 valence electrons. The van der Waals surface area contributed by atoms with Crippen molar-refractivity contribution in [2.75, 3.05) is 7.11 Å². The van der Waals surface area contributed by atoms with E-state index in [2.05, 4.69) is 24.5 Å². The molecule has 21 heavy (non-hydrogen) atoms. The van der Waals surface area contributed by atoms with Crippen LogP contribution in [0.2, 0.25) is 5.02 Å². The number of rotatable bonds is 3. The summed E-state index contributed by atoms with van der Waals surface area (Å²) < 4.78 is 7.48. The van der Waals surface area contributed by atoms with Crippen LogP contribution < -0.4 is 4.74 Å². The van der Waals surface area contributed by atoms with Crippen molar-refractivity contribution in [3.05, 3.63) is 53.3 Å². The smallest absolute Gasteiger partial charge is 0.120 e. The zero-order chi connectivity index (χ0) is 15.0. The van der Waals surface area contributed by atoms with Crippen LogP contribution in [0.25, 0.3) is 16.7 Å². The Labute approximate surface area is 129 Å². The predicted octanol–water partition coefficient (Wildman–Crippen LogP) is 4.81. The van der Waals surface area contributed by atoms with Crippen molar-refractivity contribution >= 4 is 22.6 Å². The molecule has 0 saturated carbocycles. The van der Waals surface area contributed by atoms with Gasteiger partial charge in [-0.2, -0.15) is 0 Å². The predicted molar refractivity (Wildman–Crippen MR) is 86.7 cm³/mol. The number of benzene rings is 2. The van der Waals surface area contributed by atoms with Crippen LogP contribution in [-0.4, -0.2) is 16.7 Å². The number of ether oxygens (including phenoxy) is 1.